The fourth-order valence-electron chi connectivity index (χ4n) is 1.70. The first-order valence-corrected chi connectivity index (χ1v) is 5.22. The summed E-state index contributed by atoms with van der Waals surface area (Å²) in [7, 11) is 1.62. The van der Waals surface area contributed by atoms with E-state index in [1.54, 1.807) is 14.0 Å². The molecular formula is C11H12N4O3. The minimum absolute atomic E-state index is 0.0296. The zero-order valence-electron chi connectivity index (χ0n) is 9.95. The lowest BCUT2D eigenvalue weighted by molar-refractivity contribution is -0.384. The highest BCUT2D eigenvalue weighted by atomic mass is 16.6. The van der Waals surface area contributed by atoms with Gasteiger partial charge in [0.2, 0.25) is 0 Å². The fraction of sp³-hybridized carbons (Fsp3) is 0.182. The van der Waals surface area contributed by atoms with Crippen molar-refractivity contribution in [2.24, 2.45) is 7.05 Å². The molecule has 0 aliphatic rings. The van der Waals surface area contributed by atoms with Crippen molar-refractivity contribution in [3.8, 4) is 5.69 Å². The maximum atomic E-state index is 11.9. The predicted octanol–water partition coefficient (Wildman–Crippen LogP) is 0.975. The molecule has 7 nitrogen and oxygen atoms in total. The van der Waals surface area contributed by atoms with E-state index in [0.29, 0.717) is 17.2 Å². The lowest BCUT2D eigenvalue weighted by Crippen LogP contribution is -2.21. The second kappa shape index (κ2) is 4.02. The van der Waals surface area contributed by atoms with E-state index in [0.717, 1.165) is 0 Å². The van der Waals surface area contributed by atoms with E-state index in [2.05, 4.69) is 0 Å². The van der Waals surface area contributed by atoms with Gasteiger partial charge in [-0.2, -0.15) is 0 Å². The van der Waals surface area contributed by atoms with Gasteiger partial charge in [-0.1, -0.05) is 0 Å². The van der Waals surface area contributed by atoms with Gasteiger partial charge in [0.05, 0.1) is 16.3 Å². The van der Waals surface area contributed by atoms with Crippen LogP contribution in [0.1, 0.15) is 5.69 Å². The van der Waals surface area contributed by atoms with Crippen LogP contribution in [0.15, 0.2) is 29.1 Å². The quantitative estimate of drug-likeness (QED) is 0.632. The van der Waals surface area contributed by atoms with Crippen LogP contribution in [-0.2, 0) is 7.05 Å². The monoisotopic (exact) mass is 248 g/mol. The maximum Gasteiger partial charge on any atom is 0.334 e. The number of hydrogen-bond donors (Lipinski definition) is 1. The number of aromatic nitrogens is 2. The van der Waals surface area contributed by atoms with Crippen LogP contribution >= 0.6 is 0 Å². The largest absolute Gasteiger partial charge is 0.383 e. The van der Waals surface area contributed by atoms with Gasteiger partial charge < -0.3 is 5.73 Å². The van der Waals surface area contributed by atoms with Crippen LogP contribution in [0.5, 0.6) is 0 Å². The summed E-state index contributed by atoms with van der Waals surface area (Å²) in [5, 5.41) is 10.5. The Bertz CT molecular complexity index is 667. The summed E-state index contributed by atoms with van der Waals surface area (Å²) in [4.78, 5) is 22.0. The van der Waals surface area contributed by atoms with Gasteiger partial charge in [-0.05, 0) is 19.1 Å². The Morgan fingerprint density at radius 3 is 2.22 bits per heavy atom. The summed E-state index contributed by atoms with van der Waals surface area (Å²) in [5.74, 6) is 0.330. The molecule has 2 aromatic rings. The van der Waals surface area contributed by atoms with Crippen molar-refractivity contribution >= 4 is 11.5 Å². The first-order valence-electron chi connectivity index (χ1n) is 5.22. The molecule has 0 bridgehead atoms. The third kappa shape index (κ3) is 1.65. The zero-order valence-corrected chi connectivity index (χ0v) is 9.95. The van der Waals surface area contributed by atoms with Gasteiger partial charge >= 0.3 is 5.69 Å². The third-order valence-corrected chi connectivity index (χ3v) is 2.91. The van der Waals surface area contributed by atoms with Gasteiger partial charge in [-0.3, -0.25) is 14.7 Å². The summed E-state index contributed by atoms with van der Waals surface area (Å²) >= 11 is 0. The highest BCUT2D eigenvalue weighted by Crippen LogP contribution is 2.18. The average Bonchev–Trinajstić information content (AvgIpc) is 2.54. The molecule has 18 heavy (non-hydrogen) atoms. The van der Waals surface area contributed by atoms with Crippen LogP contribution in [0, 0.1) is 17.0 Å². The molecule has 2 rings (SSSR count). The van der Waals surface area contributed by atoms with Gasteiger partial charge in [0.25, 0.3) is 5.69 Å². The van der Waals surface area contributed by atoms with E-state index in [-0.39, 0.29) is 11.4 Å². The molecule has 0 saturated heterocycles. The van der Waals surface area contributed by atoms with Crippen molar-refractivity contribution in [1.82, 2.24) is 9.13 Å². The van der Waals surface area contributed by atoms with Crippen LogP contribution in [-0.4, -0.2) is 14.1 Å². The summed E-state index contributed by atoms with van der Waals surface area (Å²) < 4.78 is 2.75. The van der Waals surface area contributed by atoms with Gasteiger partial charge in [-0.25, -0.2) is 9.36 Å². The predicted molar refractivity (Wildman–Crippen MR) is 66.8 cm³/mol. The molecule has 0 saturated carbocycles. The Morgan fingerprint density at radius 2 is 1.83 bits per heavy atom. The van der Waals surface area contributed by atoms with Crippen molar-refractivity contribution < 1.29 is 4.92 Å². The molecule has 0 aliphatic heterocycles. The SMILES string of the molecule is Cc1c(N)n(-c2ccc([N+](=O)[O-])cc2)c(=O)n1C. The molecule has 0 amide bonds. The number of nitro groups is 1. The molecule has 0 aliphatic carbocycles. The number of nitrogens with two attached hydrogens (primary N) is 1. The minimum atomic E-state index is -0.494. The fourth-order valence-corrected chi connectivity index (χ4v) is 1.70. The van der Waals surface area contributed by atoms with Gasteiger partial charge in [0.1, 0.15) is 5.82 Å². The number of hydrogen-bond acceptors (Lipinski definition) is 4. The van der Waals surface area contributed by atoms with Gasteiger partial charge in [0.15, 0.2) is 0 Å². The second-order valence-electron chi connectivity index (χ2n) is 3.92. The number of nitrogen functional groups attached to an aromatic ring is 1. The first kappa shape index (κ1) is 11.9. The number of anilines is 1. The minimum Gasteiger partial charge on any atom is -0.383 e. The smallest absolute Gasteiger partial charge is 0.334 e. The Balaban J connectivity index is 2.60. The zero-order chi connectivity index (χ0) is 13.4. The van der Waals surface area contributed by atoms with Crippen molar-refractivity contribution in [1.29, 1.82) is 0 Å². The van der Waals surface area contributed by atoms with Crippen molar-refractivity contribution in [2.45, 2.75) is 6.92 Å². The van der Waals surface area contributed by atoms with E-state index >= 15 is 0 Å². The number of nitrogens with zero attached hydrogens (tertiary/aromatic N) is 3. The number of imidazole rings is 1. The maximum absolute atomic E-state index is 11.9. The van der Waals surface area contributed by atoms with Crippen LogP contribution in [0.3, 0.4) is 0 Å². The number of nitro benzene ring substituents is 1. The number of non-ortho nitro benzene ring substituents is 1. The molecule has 0 radical (unpaired) electrons. The lowest BCUT2D eigenvalue weighted by Gasteiger charge is -2.03. The van der Waals surface area contributed by atoms with Gasteiger partial charge in [0, 0.05) is 19.2 Å². The molecule has 1 aromatic carbocycles. The van der Waals surface area contributed by atoms with E-state index < -0.39 is 4.92 Å². The summed E-state index contributed by atoms with van der Waals surface area (Å²) in [5.41, 5.74) is 6.69. The second-order valence-corrected chi connectivity index (χ2v) is 3.92. The Kier molecular flexibility index (Phi) is 2.66. The first-order chi connectivity index (χ1) is 8.43. The van der Waals surface area contributed by atoms with Crippen LogP contribution < -0.4 is 11.4 Å². The van der Waals surface area contributed by atoms with E-state index in [4.69, 9.17) is 5.73 Å². The molecule has 0 unspecified atom stereocenters. The van der Waals surface area contributed by atoms with Crippen molar-refractivity contribution in [3.63, 3.8) is 0 Å². The standard InChI is InChI=1S/C11H12N4O3/c1-7-10(12)14(11(16)13(7)2)8-3-5-9(6-4-8)15(17)18/h3-6H,12H2,1-2H3. The highest BCUT2D eigenvalue weighted by Gasteiger charge is 2.14. The van der Waals surface area contributed by atoms with Crippen molar-refractivity contribution in [3.05, 3.63) is 50.6 Å². The molecule has 1 aromatic heterocycles. The Hall–Kier alpha value is -2.57. The van der Waals surface area contributed by atoms with Crippen LogP contribution in [0.25, 0.3) is 5.69 Å². The van der Waals surface area contributed by atoms with Gasteiger partial charge in [-0.15, -0.1) is 0 Å². The Morgan fingerprint density at radius 1 is 1.28 bits per heavy atom. The average molecular weight is 248 g/mol. The van der Waals surface area contributed by atoms with Crippen LogP contribution in [0.2, 0.25) is 0 Å². The van der Waals surface area contributed by atoms with E-state index in [1.807, 2.05) is 0 Å². The molecular weight excluding hydrogens is 236 g/mol. The normalized spacial score (nSPS) is 10.6. The van der Waals surface area contributed by atoms with Crippen LogP contribution in [0.4, 0.5) is 11.5 Å². The molecule has 2 N–H and O–H groups in total. The molecule has 0 atom stereocenters. The molecule has 94 valence electrons. The molecule has 0 spiro atoms. The third-order valence-electron chi connectivity index (χ3n) is 2.91. The summed E-state index contributed by atoms with van der Waals surface area (Å²) in [6.07, 6.45) is 0. The molecule has 1 heterocycles. The topological polar surface area (TPSA) is 96.1 Å². The number of benzene rings is 1. The lowest BCUT2D eigenvalue weighted by atomic mass is 10.3. The Labute approximate surface area is 102 Å². The van der Waals surface area contributed by atoms with E-state index in [1.165, 1.54) is 33.4 Å². The number of rotatable bonds is 2. The van der Waals surface area contributed by atoms with E-state index in [9.17, 15) is 14.9 Å². The molecule has 7 heteroatoms. The summed E-state index contributed by atoms with van der Waals surface area (Å²) in [6, 6.07) is 5.66. The summed E-state index contributed by atoms with van der Waals surface area (Å²) in [6.45, 7) is 1.73. The van der Waals surface area contributed by atoms with Crippen molar-refractivity contribution in [2.75, 3.05) is 5.73 Å². The molecule has 0 fully saturated rings. The highest BCUT2D eigenvalue weighted by molar-refractivity contribution is 5.48.